The Morgan fingerprint density at radius 1 is 1.06 bits per heavy atom. The van der Waals surface area contributed by atoms with Crippen LogP contribution in [0.1, 0.15) is 5.56 Å². The maximum Gasteiger partial charge on any atom is 0.367 e. The average Bonchev–Trinajstić information content (AvgIpc) is 3.34. The number of rotatable bonds is 5. The molecule has 0 saturated carbocycles. The second-order valence-corrected chi connectivity index (χ2v) is 8.01. The monoisotopic (exact) mass is 435 g/mol. The third-order valence-electron chi connectivity index (χ3n) is 4.61. The minimum atomic E-state index is -0.484. The number of hydrogen-bond acceptors (Lipinski definition) is 7. The highest BCUT2D eigenvalue weighted by Gasteiger charge is 2.16. The van der Waals surface area contributed by atoms with Gasteiger partial charge in [-0.25, -0.2) is 9.48 Å². The molecule has 0 bridgehead atoms. The molecule has 0 fully saturated rings. The molecule has 1 N–H and O–H groups in total. The SMILES string of the molecule is Cc1ccc(Sc2ccc3nn(CC(=O)Nc4ccc5c(c4)OCO5)c(=O)n3n2)cc1. The first-order chi connectivity index (χ1) is 15.0. The summed E-state index contributed by atoms with van der Waals surface area (Å²) in [5, 5.41) is 12.0. The molecule has 0 atom stereocenters. The highest BCUT2D eigenvalue weighted by molar-refractivity contribution is 7.99. The molecule has 4 aromatic rings. The van der Waals surface area contributed by atoms with E-state index in [-0.39, 0.29) is 13.3 Å². The standard InChI is InChI=1S/C21H17N5O4S/c1-13-2-5-15(6-3-13)31-20-9-8-18-23-25(21(28)26(18)24-20)11-19(27)22-14-4-7-16-17(10-14)30-12-29-16/h2-10H,11-12H2,1H3,(H,22,27). The van der Waals surface area contributed by atoms with Crippen molar-refractivity contribution in [3.63, 3.8) is 0 Å². The second-order valence-electron chi connectivity index (χ2n) is 6.91. The van der Waals surface area contributed by atoms with E-state index in [9.17, 15) is 9.59 Å². The second kappa shape index (κ2) is 7.80. The number of nitrogens with zero attached hydrogens (tertiary/aromatic N) is 4. The van der Waals surface area contributed by atoms with Crippen LogP contribution in [0.4, 0.5) is 5.69 Å². The quantitative estimate of drug-likeness (QED) is 0.514. The van der Waals surface area contributed by atoms with Gasteiger partial charge in [0.1, 0.15) is 11.6 Å². The normalized spacial score (nSPS) is 12.3. The van der Waals surface area contributed by atoms with Crippen molar-refractivity contribution in [1.82, 2.24) is 19.4 Å². The maximum atomic E-state index is 12.7. The summed E-state index contributed by atoms with van der Waals surface area (Å²) in [6, 6.07) is 16.6. The molecule has 3 heterocycles. The highest BCUT2D eigenvalue weighted by Crippen LogP contribution is 2.34. The van der Waals surface area contributed by atoms with Crippen molar-refractivity contribution >= 4 is 29.0 Å². The summed E-state index contributed by atoms with van der Waals surface area (Å²) in [4.78, 5) is 26.1. The number of nitrogens with one attached hydrogen (secondary N) is 1. The van der Waals surface area contributed by atoms with Crippen molar-refractivity contribution in [3.05, 3.63) is 70.6 Å². The maximum absolute atomic E-state index is 12.7. The third-order valence-corrected chi connectivity index (χ3v) is 5.54. The average molecular weight is 435 g/mol. The fourth-order valence-corrected chi connectivity index (χ4v) is 3.86. The molecule has 2 aromatic carbocycles. The number of amides is 1. The fraction of sp³-hybridized carbons (Fsp3) is 0.143. The van der Waals surface area contributed by atoms with Gasteiger partial charge in [0.15, 0.2) is 17.1 Å². The van der Waals surface area contributed by atoms with Gasteiger partial charge in [-0.05, 0) is 43.3 Å². The van der Waals surface area contributed by atoms with E-state index in [0.717, 1.165) is 9.58 Å². The summed E-state index contributed by atoms with van der Waals surface area (Å²) in [6.45, 7) is 1.94. The van der Waals surface area contributed by atoms with E-state index < -0.39 is 11.6 Å². The first-order valence-electron chi connectivity index (χ1n) is 9.46. The largest absolute Gasteiger partial charge is 0.454 e. The van der Waals surface area contributed by atoms with E-state index in [2.05, 4.69) is 15.5 Å². The molecule has 1 aliphatic heterocycles. The number of fused-ring (bicyclic) bond motifs is 2. The van der Waals surface area contributed by atoms with Crippen molar-refractivity contribution < 1.29 is 14.3 Å². The molecule has 0 saturated heterocycles. The van der Waals surface area contributed by atoms with Gasteiger partial charge in [0.25, 0.3) is 0 Å². The van der Waals surface area contributed by atoms with Crippen LogP contribution in [0.2, 0.25) is 0 Å². The van der Waals surface area contributed by atoms with E-state index in [1.165, 1.54) is 21.8 Å². The smallest absolute Gasteiger partial charge is 0.367 e. The van der Waals surface area contributed by atoms with Gasteiger partial charge in [0.05, 0.1) is 0 Å². The van der Waals surface area contributed by atoms with Crippen LogP contribution in [0.25, 0.3) is 5.65 Å². The summed E-state index contributed by atoms with van der Waals surface area (Å²) in [7, 11) is 0. The van der Waals surface area contributed by atoms with Crippen molar-refractivity contribution in [2.45, 2.75) is 23.4 Å². The van der Waals surface area contributed by atoms with Crippen molar-refractivity contribution in [2.75, 3.05) is 12.1 Å². The van der Waals surface area contributed by atoms with Crippen LogP contribution in [0.15, 0.2) is 69.3 Å². The summed E-state index contributed by atoms with van der Waals surface area (Å²) in [5.41, 5.74) is 1.60. The van der Waals surface area contributed by atoms with E-state index in [1.54, 1.807) is 30.3 Å². The van der Waals surface area contributed by atoms with Crippen LogP contribution in [0, 0.1) is 6.92 Å². The molecular formula is C21H17N5O4S. The zero-order chi connectivity index (χ0) is 21.4. The van der Waals surface area contributed by atoms with Gasteiger partial charge in [0.2, 0.25) is 12.7 Å². The molecule has 0 radical (unpaired) electrons. The Balaban J connectivity index is 1.32. The van der Waals surface area contributed by atoms with Crippen LogP contribution in [0.3, 0.4) is 0 Å². The van der Waals surface area contributed by atoms with Gasteiger partial charge < -0.3 is 14.8 Å². The van der Waals surface area contributed by atoms with Gasteiger partial charge >= 0.3 is 5.69 Å². The molecule has 0 spiro atoms. The molecule has 0 unspecified atom stereocenters. The summed E-state index contributed by atoms with van der Waals surface area (Å²) >= 11 is 1.45. The van der Waals surface area contributed by atoms with Gasteiger partial charge in [-0.1, -0.05) is 29.5 Å². The molecule has 2 aromatic heterocycles. The molecular weight excluding hydrogens is 418 g/mol. The van der Waals surface area contributed by atoms with E-state index >= 15 is 0 Å². The number of hydrogen-bond donors (Lipinski definition) is 1. The van der Waals surface area contributed by atoms with E-state index in [0.29, 0.717) is 27.9 Å². The number of benzene rings is 2. The van der Waals surface area contributed by atoms with Crippen LogP contribution >= 0.6 is 11.8 Å². The first-order valence-corrected chi connectivity index (χ1v) is 10.3. The zero-order valence-electron chi connectivity index (χ0n) is 16.4. The van der Waals surface area contributed by atoms with Crippen LogP contribution in [-0.4, -0.2) is 32.1 Å². The van der Waals surface area contributed by atoms with E-state index in [1.807, 2.05) is 31.2 Å². The highest BCUT2D eigenvalue weighted by atomic mass is 32.2. The Morgan fingerprint density at radius 2 is 1.87 bits per heavy atom. The minimum Gasteiger partial charge on any atom is -0.454 e. The Hall–Kier alpha value is -3.79. The predicted molar refractivity (Wildman–Crippen MR) is 114 cm³/mol. The third kappa shape index (κ3) is 3.97. The summed E-state index contributed by atoms with van der Waals surface area (Å²) < 4.78 is 12.8. The molecule has 1 aliphatic rings. The number of ether oxygens (including phenoxy) is 2. The number of aromatic nitrogens is 4. The Kier molecular flexibility index (Phi) is 4.83. The molecule has 9 nitrogen and oxygen atoms in total. The van der Waals surface area contributed by atoms with Crippen LogP contribution < -0.4 is 20.5 Å². The van der Waals surface area contributed by atoms with Crippen molar-refractivity contribution in [1.29, 1.82) is 0 Å². The van der Waals surface area contributed by atoms with E-state index in [4.69, 9.17) is 9.47 Å². The minimum absolute atomic E-state index is 0.153. The number of carbonyl (C=O) groups excluding carboxylic acids is 1. The molecule has 1 amide bonds. The predicted octanol–water partition coefficient (Wildman–Crippen LogP) is 2.72. The lowest BCUT2D eigenvalue weighted by atomic mass is 10.2. The Bertz CT molecular complexity index is 1350. The summed E-state index contributed by atoms with van der Waals surface area (Å²) in [6.07, 6.45) is 0. The Labute approximate surface area is 180 Å². The fourth-order valence-electron chi connectivity index (χ4n) is 3.09. The van der Waals surface area contributed by atoms with Crippen molar-refractivity contribution in [3.8, 4) is 11.5 Å². The van der Waals surface area contributed by atoms with Crippen molar-refractivity contribution in [2.24, 2.45) is 0 Å². The van der Waals surface area contributed by atoms with Gasteiger partial charge in [0, 0.05) is 16.6 Å². The van der Waals surface area contributed by atoms with Gasteiger partial charge in [-0.15, -0.1) is 5.10 Å². The zero-order valence-corrected chi connectivity index (χ0v) is 17.3. The number of carbonyl (C=O) groups is 1. The summed E-state index contributed by atoms with van der Waals surface area (Å²) in [5.74, 6) is 0.795. The molecule has 5 rings (SSSR count). The Morgan fingerprint density at radius 3 is 2.71 bits per heavy atom. The lowest BCUT2D eigenvalue weighted by molar-refractivity contribution is -0.117. The van der Waals surface area contributed by atoms with Gasteiger partial charge in [-0.2, -0.15) is 9.61 Å². The molecule has 0 aliphatic carbocycles. The molecule has 156 valence electrons. The van der Waals surface area contributed by atoms with Gasteiger partial charge in [-0.3, -0.25) is 4.79 Å². The van der Waals surface area contributed by atoms with Crippen LogP contribution in [-0.2, 0) is 11.3 Å². The number of anilines is 1. The first kappa shape index (κ1) is 19.2. The number of aryl methyl sites for hydroxylation is 1. The molecule has 31 heavy (non-hydrogen) atoms. The molecule has 10 heteroatoms. The lowest BCUT2D eigenvalue weighted by Gasteiger charge is -2.05. The lowest BCUT2D eigenvalue weighted by Crippen LogP contribution is -2.28. The topological polar surface area (TPSA) is 99.8 Å². The van der Waals surface area contributed by atoms with Crippen LogP contribution in [0.5, 0.6) is 11.5 Å².